The molecule has 136 valence electrons. The Morgan fingerprint density at radius 2 is 1.52 bits per heavy atom. The Hall–Kier alpha value is -1.95. The van der Waals surface area contributed by atoms with E-state index in [1.807, 2.05) is 17.0 Å². The van der Waals surface area contributed by atoms with Crippen LogP contribution >= 0.6 is 0 Å². The summed E-state index contributed by atoms with van der Waals surface area (Å²) < 4.78 is 13.0. The second-order valence-corrected chi connectivity index (χ2v) is 7.18. The standard InChI is InChI=1S/C19H26FN3O2/c20-17-3-1-14(2-4-17)13-22-9-5-16(6-10-22)19(25)23-11-7-15(8-12-23)18(21)24/h1-4,15-16H,5-13H2,(H2,21,24). The molecule has 3 rings (SSSR count). The lowest BCUT2D eigenvalue weighted by molar-refractivity contribution is -0.140. The minimum absolute atomic E-state index is 0.0783. The number of primary amides is 1. The largest absolute Gasteiger partial charge is 0.369 e. The summed E-state index contributed by atoms with van der Waals surface area (Å²) in [5.74, 6) is -0.241. The van der Waals surface area contributed by atoms with Crippen LogP contribution in [0, 0.1) is 17.7 Å². The third kappa shape index (κ3) is 4.57. The van der Waals surface area contributed by atoms with Gasteiger partial charge >= 0.3 is 0 Å². The van der Waals surface area contributed by atoms with E-state index in [0.717, 1.165) is 38.0 Å². The van der Waals surface area contributed by atoms with Gasteiger partial charge in [-0.05, 0) is 56.5 Å². The van der Waals surface area contributed by atoms with E-state index in [2.05, 4.69) is 4.90 Å². The van der Waals surface area contributed by atoms with Crippen molar-refractivity contribution in [2.24, 2.45) is 17.6 Å². The van der Waals surface area contributed by atoms with Crippen LogP contribution in [0.5, 0.6) is 0 Å². The topological polar surface area (TPSA) is 66.6 Å². The lowest BCUT2D eigenvalue weighted by Crippen LogP contribution is -2.46. The van der Waals surface area contributed by atoms with E-state index in [0.29, 0.717) is 25.9 Å². The van der Waals surface area contributed by atoms with Crippen molar-refractivity contribution in [1.82, 2.24) is 9.80 Å². The molecule has 1 aromatic rings. The number of carbonyl (C=O) groups is 2. The zero-order chi connectivity index (χ0) is 17.8. The highest BCUT2D eigenvalue weighted by molar-refractivity contribution is 5.80. The molecule has 1 aromatic carbocycles. The van der Waals surface area contributed by atoms with Gasteiger partial charge < -0.3 is 10.6 Å². The number of benzene rings is 1. The molecule has 2 saturated heterocycles. The Morgan fingerprint density at radius 1 is 0.960 bits per heavy atom. The molecule has 0 saturated carbocycles. The molecule has 0 bridgehead atoms. The monoisotopic (exact) mass is 347 g/mol. The summed E-state index contributed by atoms with van der Waals surface area (Å²) in [7, 11) is 0. The minimum Gasteiger partial charge on any atom is -0.369 e. The summed E-state index contributed by atoms with van der Waals surface area (Å²) in [5.41, 5.74) is 6.45. The molecule has 2 N–H and O–H groups in total. The van der Waals surface area contributed by atoms with Crippen LogP contribution < -0.4 is 5.73 Å². The lowest BCUT2D eigenvalue weighted by Gasteiger charge is -2.36. The number of carbonyl (C=O) groups excluding carboxylic acids is 2. The van der Waals surface area contributed by atoms with Crippen molar-refractivity contribution < 1.29 is 14.0 Å². The van der Waals surface area contributed by atoms with E-state index in [1.54, 1.807) is 0 Å². The summed E-state index contributed by atoms with van der Waals surface area (Å²) in [6.45, 7) is 3.84. The van der Waals surface area contributed by atoms with Gasteiger partial charge in [-0.3, -0.25) is 14.5 Å². The predicted octanol–water partition coefficient (Wildman–Crippen LogP) is 1.76. The summed E-state index contributed by atoms with van der Waals surface area (Å²) >= 11 is 0. The Morgan fingerprint density at radius 3 is 2.08 bits per heavy atom. The van der Waals surface area contributed by atoms with Crippen LogP contribution in [0.3, 0.4) is 0 Å². The number of piperidine rings is 2. The fourth-order valence-electron chi connectivity index (χ4n) is 3.83. The number of nitrogens with two attached hydrogens (primary N) is 1. The van der Waals surface area contributed by atoms with Gasteiger partial charge in [-0.15, -0.1) is 0 Å². The molecule has 0 atom stereocenters. The van der Waals surface area contributed by atoms with Crippen molar-refractivity contribution >= 4 is 11.8 Å². The highest BCUT2D eigenvalue weighted by atomic mass is 19.1. The summed E-state index contributed by atoms with van der Waals surface area (Å²) in [5, 5.41) is 0. The summed E-state index contributed by atoms with van der Waals surface area (Å²) in [4.78, 5) is 28.1. The maximum absolute atomic E-state index is 13.0. The smallest absolute Gasteiger partial charge is 0.225 e. The quantitative estimate of drug-likeness (QED) is 0.902. The third-order valence-corrected chi connectivity index (χ3v) is 5.47. The van der Waals surface area contributed by atoms with E-state index in [-0.39, 0.29) is 29.5 Å². The van der Waals surface area contributed by atoms with Crippen LogP contribution in [0.4, 0.5) is 4.39 Å². The fraction of sp³-hybridized carbons (Fsp3) is 0.579. The first-order valence-electron chi connectivity index (χ1n) is 9.08. The normalized spacial score (nSPS) is 20.6. The van der Waals surface area contributed by atoms with Crippen molar-refractivity contribution in [3.8, 4) is 0 Å². The van der Waals surface area contributed by atoms with Gasteiger partial charge in [-0.25, -0.2) is 4.39 Å². The Kier molecular flexibility index (Phi) is 5.68. The fourth-order valence-corrected chi connectivity index (χ4v) is 3.83. The number of hydrogen-bond acceptors (Lipinski definition) is 3. The molecular weight excluding hydrogens is 321 g/mol. The van der Waals surface area contributed by atoms with E-state index >= 15 is 0 Å². The molecule has 0 radical (unpaired) electrons. The SMILES string of the molecule is NC(=O)C1CCN(C(=O)C2CCN(Cc3ccc(F)cc3)CC2)CC1. The molecule has 5 nitrogen and oxygen atoms in total. The van der Waals surface area contributed by atoms with Crippen molar-refractivity contribution in [3.63, 3.8) is 0 Å². The van der Waals surface area contributed by atoms with Gasteiger partial charge in [0.1, 0.15) is 5.82 Å². The first-order chi connectivity index (χ1) is 12.0. The zero-order valence-electron chi connectivity index (χ0n) is 14.5. The average Bonchev–Trinajstić information content (AvgIpc) is 2.64. The van der Waals surface area contributed by atoms with E-state index in [1.165, 1.54) is 12.1 Å². The van der Waals surface area contributed by atoms with Crippen molar-refractivity contribution in [3.05, 3.63) is 35.6 Å². The van der Waals surface area contributed by atoms with Gasteiger partial charge in [0.25, 0.3) is 0 Å². The molecule has 0 spiro atoms. The van der Waals surface area contributed by atoms with Crippen LogP contribution in [0.15, 0.2) is 24.3 Å². The molecule has 2 fully saturated rings. The van der Waals surface area contributed by atoms with Gasteiger partial charge in [0, 0.05) is 31.5 Å². The van der Waals surface area contributed by atoms with Crippen LogP contribution in [-0.2, 0) is 16.1 Å². The van der Waals surface area contributed by atoms with E-state index in [9.17, 15) is 14.0 Å². The first kappa shape index (κ1) is 17.9. The van der Waals surface area contributed by atoms with Gasteiger partial charge in [0.15, 0.2) is 0 Å². The maximum Gasteiger partial charge on any atom is 0.225 e. The van der Waals surface area contributed by atoms with Crippen LogP contribution in [0.2, 0.25) is 0 Å². The highest BCUT2D eigenvalue weighted by Crippen LogP contribution is 2.24. The molecule has 2 aliphatic rings. The molecule has 0 unspecified atom stereocenters. The molecule has 2 amide bonds. The Bertz CT molecular complexity index is 604. The number of likely N-dealkylation sites (tertiary alicyclic amines) is 2. The van der Waals surface area contributed by atoms with Crippen LogP contribution in [0.1, 0.15) is 31.2 Å². The second-order valence-electron chi connectivity index (χ2n) is 7.18. The van der Waals surface area contributed by atoms with Gasteiger partial charge in [0.05, 0.1) is 0 Å². The minimum atomic E-state index is -0.249. The van der Waals surface area contributed by atoms with Crippen LogP contribution in [0.25, 0.3) is 0 Å². The van der Waals surface area contributed by atoms with Crippen molar-refractivity contribution in [1.29, 1.82) is 0 Å². The molecule has 6 heteroatoms. The van der Waals surface area contributed by atoms with E-state index in [4.69, 9.17) is 5.73 Å². The molecule has 0 aromatic heterocycles. The molecule has 2 heterocycles. The molecule has 0 aliphatic carbocycles. The van der Waals surface area contributed by atoms with Gasteiger partial charge in [-0.1, -0.05) is 12.1 Å². The highest BCUT2D eigenvalue weighted by Gasteiger charge is 2.31. The van der Waals surface area contributed by atoms with E-state index < -0.39 is 0 Å². The number of rotatable bonds is 4. The summed E-state index contributed by atoms with van der Waals surface area (Å²) in [6.07, 6.45) is 3.08. The molecular formula is C19H26FN3O2. The predicted molar refractivity (Wildman–Crippen MR) is 92.9 cm³/mol. The molecule has 25 heavy (non-hydrogen) atoms. The first-order valence-corrected chi connectivity index (χ1v) is 9.08. The number of halogens is 1. The number of nitrogens with zero attached hydrogens (tertiary/aromatic N) is 2. The third-order valence-electron chi connectivity index (χ3n) is 5.47. The molecule has 2 aliphatic heterocycles. The maximum atomic E-state index is 13.0. The summed E-state index contributed by atoms with van der Waals surface area (Å²) in [6, 6.07) is 6.60. The number of amides is 2. The van der Waals surface area contributed by atoms with Crippen molar-refractivity contribution in [2.75, 3.05) is 26.2 Å². The zero-order valence-corrected chi connectivity index (χ0v) is 14.5. The van der Waals surface area contributed by atoms with Crippen LogP contribution in [-0.4, -0.2) is 47.8 Å². The van der Waals surface area contributed by atoms with Crippen molar-refractivity contribution in [2.45, 2.75) is 32.2 Å². The average molecular weight is 347 g/mol. The second kappa shape index (κ2) is 7.95. The lowest BCUT2D eigenvalue weighted by atomic mass is 9.91. The van der Waals surface area contributed by atoms with Gasteiger partial charge in [0.2, 0.25) is 11.8 Å². The number of hydrogen-bond donors (Lipinski definition) is 1. The Labute approximate surface area is 148 Å². The Balaban J connectivity index is 1.45. The van der Waals surface area contributed by atoms with Gasteiger partial charge in [-0.2, -0.15) is 0 Å².